The van der Waals surface area contributed by atoms with E-state index >= 15 is 0 Å². The van der Waals surface area contributed by atoms with Crippen molar-refractivity contribution in [3.63, 3.8) is 0 Å². The predicted octanol–water partition coefficient (Wildman–Crippen LogP) is 37.3. The molecule has 2 aliphatic rings. The monoisotopic (exact) mass is 2160 g/mol. The number of carbonyl (C=O) groups is 3. The Labute approximate surface area is 907 Å². The highest BCUT2D eigenvalue weighted by Gasteiger charge is 2.38. The van der Waals surface area contributed by atoms with Crippen molar-refractivity contribution in [3.8, 4) is 72.9 Å². The fraction of sp³-hybridized carbons (Fsp3) is 0.310. The van der Waals surface area contributed by atoms with Gasteiger partial charge in [-0.3, -0.25) is 24.4 Å². The number of hydrogen-bond acceptors (Lipinski definition) is 13. The van der Waals surface area contributed by atoms with Gasteiger partial charge in [-0.05, 0) is 411 Å². The second-order valence-corrected chi connectivity index (χ2v) is 45.9. The third-order valence-corrected chi connectivity index (χ3v) is 28.0. The molecule has 4 heterocycles. The van der Waals surface area contributed by atoms with Gasteiger partial charge in [0, 0.05) is 93.8 Å². The van der Waals surface area contributed by atoms with Crippen molar-refractivity contribution < 1.29 is 65.4 Å². The van der Waals surface area contributed by atoms with Gasteiger partial charge in [0.25, 0.3) is 6.43 Å². The summed E-state index contributed by atoms with van der Waals surface area (Å²) in [6.07, 6.45) is -0.268. The Morgan fingerprint density at radius 1 is 0.387 bits per heavy atom. The summed E-state index contributed by atoms with van der Waals surface area (Å²) >= 11 is 28.7. The minimum Gasteiger partial charge on any atom is -0.496 e. The first-order chi connectivity index (χ1) is 70.9. The fourth-order valence-electron chi connectivity index (χ4n) is 20.7. The predicted molar refractivity (Wildman–Crippen MR) is 615 cm³/mol. The van der Waals surface area contributed by atoms with Crippen LogP contribution in [0.5, 0.6) is 17.2 Å². The zero-order valence-corrected chi connectivity index (χ0v) is 94.3. The van der Waals surface area contributed by atoms with Crippen molar-refractivity contribution >= 4 is 155 Å². The number of nitrogens with zero attached hydrogens (tertiary/aromatic N) is 2. The summed E-state index contributed by atoms with van der Waals surface area (Å²) in [5.41, 5.74) is 18.6. The number of aromatic nitrogens is 2. The van der Waals surface area contributed by atoms with Gasteiger partial charge in [-0.25, -0.2) is 13.2 Å². The number of aryl methyl sites for hydroxylation is 3. The maximum atomic E-state index is 14.6. The van der Waals surface area contributed by atoms with Crippen LogP contribution in [0.3, 0.4) is 0 Å². The van der Waals surface area contributed by atoms with Gasteiger partial charge >= 0.3 is 0 Å². The molecule has 0 fully saturated rings. The number of ether oxygens (including phenoxy) is 8. The summed E-state index contributed by atoms with van der Waals surface area (Å²) in [5, 5.41) is 14.5. The first-order valence-corrected chi connectivity index (χ1v) is 52.9. The fourth-order valence-corrected chi connectivity index (χ4v) is 21.9. The van der Waals surface area contributed by atoms with E-state index in [9.17, 15) is 27.6 Å². The van der Waals surface area contributed by atoms with Crippen LogP contribution in [0.25, 0.3) is 131 Å². The van der Waals surface area contributed by atoms with Crippen molar-refractivity contribution in [2.45, 2.75) is 244 Å². The highest BCUT2D eigenvalue weighted by molar-refractivity contribution is 9.10. The van der Waals surface area contributed by atoms with Crippen molar-refractivity contribution in [1.29, 1.82) is 0 Å². The number of ketones is 3. The Morgan fingerprint density at radius 2 is 0.760 bits per heavy atom. The zero-order valence-electron chi connectivity index (χ0n) is 89.7. The van der Waals surface area contributed by atoms with Gasteiger partial charge in [-0.2, -0.15) is 0 Å². The van der Waals surface area contributed by atoms with Crippen LogP contribution in [0, 0.1) is 20.8 Å². The number of halogens is 8. The zero-order chi connectivity index (χ0) is 108. The van der Waals surface area contributed by atoms with Crippen LogP contribution in [0.2, 0.25) is 20.1 Å². The summed E-state index contributed by atoms with van der Waals surface area (Å²) in [5.74, 6) is 2.25. The van der Waals surface area contributed by atoms with E-state index in [0.717, 1.165) is 193 Å². The number of carbonyl (C=O) groups excluding carboxylic acids is 3. The van der Waals surface area contributed by atoms with Gasteiger partial charge < -0.3 is 37.9 Å². The van der Waals surface area contributed by atoms with Crippen LogP contribution < -0.4 is 14.2 Å². The Bertz CT molecular complexity index is 7960. The van der Waals surface area contributed by atoms with Gasteiger partial charge in [0.05, 0.1) is 71.6 Å². The first kappa shape index (κ1) is 112. The molecule has 0 spiro atoms. The molecule has 13 nitrogen and oxygen atoms in total. The van der Waals surface area contributed by atoms with Crippen LogP contribution >= 0.6 is 62.3 Å². The standard InChI is InChI=1S/C29H28FNO3.C28H27F2NO2.C24H24BrClO2.C24H24Cl2O2.C24H27ClO2/c1-17(32)28(34-29(2,3)4)25-20(16-30)15-19-7-5-6-8-21(19)26(25)22-9-10-23-24-18(12-14-33-23)11-13-31-27(22)24;1-16(33-28(2,3)4)23-21(27(29)30)15-18-7-5-6-8-19(18)25(23)20-9-10-22-24-17(12-14-32-22)11-13-31-26(20)24;1-14-13-19-18(7-6-8-20(19)25)22(16-9-11-17(26)12-10-16)21(14)23(15(2)27)28-24(3,4)5;1-14-12-16-8-6-7-9-18(16)22(19-11-10-17(25)13-20(19)26)21(14)23(15(2)27)28-24(3,4)5;1-15-14-20-19(8-7-9-21(20)26-6)23(17-10-12-18(25)13-11-17)22(15)16(2)27-24(3,4)5/h5-11,13,15,28H,12,14,16H2,1-4H3;5-11,13,15-16,27H,12,14H2,1-4H3;2*6-13,23H,1-5H3;7-14,16H,1-6H3/t28-;16-;;23-;/m11.1./s1. The van der Waals surface area contributed by atoms with Gasteiger partial charge in [0.2, 0.25) is 0 Å². The molecular weight excluding hydrogens is 2030 g/mol. The number of rotatable bonds is 21. The number of benzene rings is 15. The Morgan fingerprint density at radius 3 is 1.21 bits per heavy atom. The van der Waals surface area contributed by atoms with Crippen LogP contribution in [0.4, 0.5) is 13.2 Å². The molecule has 21 heteroatoms. The van der Waals surface area contributed by atoms with Crippen LogP contribution in [0.1, 0.15) is 242 Å². The van der Waals surface area contributed by atoms with Crippen molar-refractivity contribution in [2.24, 2.45) is 0 Å². The van der Waals surface area contributed by atoms with Crippen molar-refractivity contribution in [3.05, 3.63) is 346 Å². The van der Waals surface area contributed by atoms with Gasteiger partial charge in [0.1, 0.15) is 42.2 Å². The second kappa shape index (κ2) is 46.3. The molecule has 2 aliphatic heterocycles. The molecule has 0 aliphatic carbocycles. The minimum atomic E-state index is -2.63. The number of Topliss-reactive ketones (excluding diaryl/α,β-unsaturated/α-hetero) is 3. The molecule has 0 N–H and O–H groups in total. The molecule has 0 amide bonds. The molecule has 150 heavy (non-hydrogen) atoms. The Balaban J connectivity index is 0.000000141. The topological polar surface area (TPSA) is 151 Å². The lowest BCUT2D eigenvalue weighted by molar-refractivity contribution is -0.139. The van der Waals surface area contributed by atoms with Gasteiger partial charge in [0.15, 0.2) is 17.3 Å². The Hall–Kier alpha value is -11.9. The average molecular weight is 2160 g/mol. The number of methoxy groups -OCH3 is 1. The third kappa shape index (κ3) is 25.3. The average Bonchev–Trinajstić information content (AvgIpc) is 0.731. The van der Waals surface area contributed by atoms with E-state index in [1.54, 1.807) is 39.3 Å². The lowest BCUT2D eigenvalue weighted by atomic mass is 9.84. The van der Waals surface area contributed by atoms with E-state index < -0.39 is 59.9 Å². The largest absolute Gasteiger partial charge is 0.496 e. The van der Waals surface area contributed by atoms with Crippen LogP contribution in [0.15, 0.2) is 260 Å². The van der Waals surface area contributed by atoms with E-state index in [0.29, 0.717) is 45.0 Å². The highest BCUT2D eigenvalue weighted by atomic mass is 79.9. The molecule has 2 aromatic heterocycles. The van der Waals surface area contributed by atoms with Crippen molar-refractivity contribution in [2.75, 3.05) is 20.3 Å². The van der Waals surface area contributed by atoms with E-state index in [4.69, 9.17) is 94.3 Å². The van der Waals surface area contributed by atoms with E-state index in [2.05, 4.69) is 99.1 Å². The summed E-state index contributed by atoms with van der Waals surface area (Å²) in [4.78, 5) is 47.7. The second-order valence-electron chi connectivity index (χ2n) is 43.4. The number of hydrogen-bond donors (Lipinski definition) is 0. The SMILES string of the molecule is CC(=O)C(OC(C)(C)C)c1c(C)cc2c(Br)cccc2c1-c1ccc(Cl)cc1.CC(=O)[C@@H](OC(C)(C)C)c1c(C)cc2ccccc2c1-c1ccc(Cl)cc1Cl.CC(=O)[C@@H](OC(C)(C)C)c1c(CF)cc2ccccc2c1-c1ccc2c3c(ccnc13)CCO2.COc1cccc2c(-c3ccc(Cl)cc3)c(C(C)OC(C)(C)C)c(C)cc12.C[C@@H](OC(C)(C)C)c1c(C(F)F)cc2ccccc2c1-c1ccc2c3c(ccnc13)CCO2. The van der Waals surface area contributed by atoms with Crippen molar-refractivity contribution in [1.82, 2.24) is 9.97 Å². The molecule has 778 valence electrons. The number of alkyl halides is 3. The lowest BCUT2D eigenvalue weighted by Gasteiger charge is -2.30. The molecule has 0 bridgehead atoms. The molecule has 5 atom stereocenters. The third-order valence-electron chi connectivity index (χ3n) is 26.3. The molecular formula is C129H130BrCl4F3N2O11. The molecule has 2 unspecified atom stereocenters. The van der Waals surface area contributed by atoms with Gasteiger partial charge in [-0.1, -0.05) is 196 Å². The first-order valence-electron chi connectivity index (χ1n) is 50.6. The van der Waals surface area contributed by atoms with Crippen LogP contribution in [-0.4, -0.2) is 75.6 Å². The maximum Gasteiger partial charge on any atom is 0.264 e. The van der Waals surface area contributed by atoms with Crippen LogP contribution in [-0.2, 0) is 57.6 Å². The number of pyridine rings is 2. The summed E-state index contributed by atoms with van der Waals surface area (Å²) in [6.45, 7) is 44.9. The normalized spacial score (nSPS) is 13.6. The quantitative estimate of drug-likeness (QED) is 0.0672. The van der Waals surface area contributed by atoms with Gasteiger partial charge in [-0.15, -0.1) is 0 Å². The van der Waals surface area contributed by atoms with E-state index in [-0.39, 0.29) is 34.6 Å². The molecule has 17 aromatic rings. The smallest absolute Gasteiger partial charge is 0.264 e. The molecule has 19 rings (SSSR count). The molecule has 15 aromatic carbocycles. The summed E-state index contributed by atoms with van der Waals surface area (Å²) in [7, 11) is 1.71. The molecule has 0 saturated heterocycles. The maximum absolute atomic E-state index is 14.6. The summed E-state index contributed by atoms with van der Waals surface area (Å²) < 4.78 is 93.3. The lowest BCUT2D eigenvalue weighted by Crippen LogP contribution is -2.27. The summed E-state index contributed by atoms with van der Waals surface area (Å²) in [6, 6.07) is 78.9. The number of fused-ring (bicyclic) bond motifs is 5. The highest BCUT2D eigenvalue weighted by Crippen LogP contribution is 2.53. The molecule has 0 radical (unpaired) electrons. The Kier molecular flexibility index (Phi) is 34.6. The molecule has 0 saturated carbocycles. The minimum absolute atomic E-state index is 0.00262. The van der Waals surface area contributed by atoms with E-state index in [1.807, 2.05) is 292 Å². The van der Waals surface area contributed by atoms with E-state index in [1.165, 1.54) is 29.2 Å².